The third-order valence-electron chi connectivity index (χ3n) is 5.85. The minimum Gasteiger partial charge on any atom is -0.493 e. The summed E-state index contributed by atoms with van der Waals surface area (Å²) in [6.45, 7) is 4.68. The molecule has 1 aliphatic heterocycles. The van der Waals surface area contributed by atoms with Crippen molar-refractivity contribution in [2.24, 2.45) is 0 Å². The van der Waals surface area contributed by atoms with Crippen molar-refractivity contribution in [1.29, 1.82) is 0 Å². The lowest BCUT2D eigenvalue weighted by Crippen LogP contribution is -2.48. The summed E-state index contributed by atoms with van der Waals surface area (Å²) in [4.78, 5) is 28.1. The van der Waals surface area contributed by atoms with Crippen molar-refractivity contribution in [1.82, 2.24) is 9.80 Å². The number of nitrogens with zero attached hydrogens (tertiary/aromatic N) is 3. The molecule has 0 bridgehead atoms. The quantitative estimate of drug-likeness (QED) is 0.367. The van der Waals surface area contributed by atoms with Crippen LogP contribution in [0.1, 0.15) is 22.8 Å². The molecule has 1 aliphatic rings. The van der Waals surface area contributed by atoms with Crippen LogP contribution in [-0.4, -0.2) is 81.9 Å². The summed E-state index contributed by atoms with van der Waals surface area (Å²) in [5, 5.41) is 11.7. The van der Waals surface area contributed by atoms with Crippen LogP contribution in [-0.2, 0) is 6.54 Å². The average molecular weight is 490 g/mol. The van der Waals surface area contributed by atoms with E-state index in [4.69, 9.17) is 23.7 Å². The molecule has 3 rings (SSSR count). The highest BCUT2D eigenvalue weighted by atomic mass is 16.6. The molecule has 0 saturated carbocycles. The van der Waals surface area contributed by atoms with E-state index >= 15 is 0 Å². The molecular weight excluding hydrogens is 458 g/mol. The van der Waals surface area contributed by atoms with Gasteiger partial charge in [0.2, 0.25) is 5.75 Å². The molecule has 0 spiro atoms. The molecule has 1 fully saturated rings. The van der Waals surface area contributed by atoms with Crippen molar-refractivity contribution >= 4 is 11.6 Å². The van der Waals surface area contributed by atoms with Gasteiger partial charge in [0.1, 0.15) is 5.56 Å². The predicted molar refractivity (Wildman–Crippen MR) is 128 cm³/mol. The van der Waals surface area contributed by atoms with Gasteiger partial charge in [0, 0.05) is 44.4 Å². The Morgan fingerprint density at radius 1 is 0.914 bits per heavy atom. The van der Waals surface area contributed by atoms with Gasteiger partial charge in [-0.15, -0.1) is 0 Å². The standard InChI is InChI=1S/C24H31N3O8/c1-6-35-21-14-18(27(29)30)17(13-20(21)32-3)24(28)26-11-9-25(10-12-26)15-16-7-8-19(31-2)23(34-5)22(16)33-4/h7-8,13-14H,6,9-12,15H2,1-5H3. The van der Waals surface area contributed by atoms with E-state index in [1.54, 1.807) is 33.2 Å². The van der Waals surface area contributed by atoms with Gasteiger partial charge in [0.15, 0.2) is 23.0 Å². The maximum atomic E-state index is 13.2. The number of carbonyl (C=O) groups excluding carboxylic acids is 1. The second-order valence-electron chi connectivity index (χ2n) is 7.77. The van der Waals surface area contributed by atoms with Gasteiger partial charge in [-0.3, -0.25) is 19.8 Å². The summed E-state index contributed by atoms with van der Waals surface area (Å²) < 4.78 is 27.1. The number of piperazine rings is 1. The zero-order chi connectivity index (χ0) is 25.5. The van der Waals surface area contributed by atoms with E-state index < -0.39 is 10.8 Å². The van der Waals surface area contributed by atoms with Gasteiger partial charge in [-0.1, -0.05) is 6.07 Å². The fraction of sp³-hybridized carbons (Fsp3) is 0.458. The Kier molecular flexibility index (Phi) is 8.58. The van der Waals surface area contributed by atoms with Crippen molar-refractivity contribution in [2.75, 3.05) is 61.2 Å². The fourth-order valence-electron chi connectivity index (χ4n) is 4.11. The molecule has 0 atom stereocenters. The summed E-state index contributed by atoms with van der Waals surface area (Å²) in [5.41, 5.74) is 0.596. The molecule has 190 valence electrons. The van der Waals surface area contributed by atoms with Crippen molar-refractivity contribution in [3.05, 3.63) is 45.5 Å². The average Bonchev–Trinajstić information content (AvgIpc) is 2.88. The number of hydrogen-bond acceptors (Lipinski definition) is 9. The summed E-state index contributed by atoms with van der Waals surface area (Å²) in [7, 11) is 6.13. The Bertz CT molecular complexity index is 1070. The molecular formula is C24H31N3O8. The Morgan fingerprint density at radius 3 is 2.11 bits per heavy atom. The topological polar surface area (TPSA) is 113 Å². The number of methoxy groups -OCH3 is 4. The second kappa shape index (κ2) is 11.6. The summed E-state index contributed by atoms with van der Waals surface area (Å²) in [6, 6.07) is 6.38. The first-order valence-electron chi connectivity index (χ1n) is 11.2. The van der Waals surface area contributed by atoms with Crippen LogP contribution in [0.25, 0.3) is 0 Å². The third kappa shape index (κ3) is 5.51. The zero-order valence-corrected chi connectivity index (χ0v) is 20.7. The van der Waals surface area contributed by atoms with E-state index in [1.807, 2.05) is 12.1 Å². The minimum atomic E-state index is -0.575. The first-order chi connectivity index (χ1) is 16.9. The van der Waals surface area contributed by atoms with E-state index in [0.717, 1.165) is 5.56 Å². The molecule has 0 aromatic heterocycles. The van der Waals surface area contributed by atoms with Gasteiger partial charge in [-0.2, -0.15) is 0 Å². The van der Waals surface area contributed by atoms with Crippen LogP contribution in [0.3, 0.4) is 0 Å². The van der Waals surface area contributed by atoms with Crippen LogP contribution in [0.4, 0.5) is 5.69 Å². The Labute approximate surface area is 204 Å². The number of amides is 1. The van der Waals surface area contributed by atoms with Crippen molar-refractivity contribution in [2.45, 2.75) is 13.5 Å². The Hall–Kier alpha value is -3.73. The smallest absolute Gasteiger partial charge is 0.286 e. The first kappa shape index (κ1) is 25.9. The van der Waals surface area contributed by atoms with Gasteiger partial charge in [-0.05, 0) is 13.0 Å². The Balaban J connectivity index is 1.75. The van der Waals surface area contributed by atoms with E-state index in [9.17, 15) is 14.9 Å². The lowest BCUT2D eigenvalue weighted by Gasteiger charge is -2.35. The number of benzene rings is 2. The molecule has 0 unspecified atom stereocenters. The van der Waals surface area contributed by atoms with E-state index in [0.29, 0.717) is 56.6 Å². The van der Waals surface area contributed by atoms with Crippen LogP contribution >= 0.6 is 0 Å². The minimum absolute atomic E-state index is 0.0229. The number of nitro groups is 1. The van der Waals surface area contributed by atoms with Crippen molar-refractivity contribution in [3.8, 4) is 28.7 Å². The molecule has 2 aromatic carbocycles. The largest absolute Gasteiger partial charge is 0.493 e. The predicted octanol–water partition coefficient (Wildman–Crippen LogP) is 2.99. The molecule has 1 amide bonds. The van der Waals surface area contributed by atoms with E-state index in [1.165, 1.54) is 19.2 Å². The molecule has 0 N–H and O–H groups in total. The highest BCUT2D eigenvalue weighted by Crippen LogP contribution is 2.40. The SMILES string of the molecule is CCOc1cc([N+](=O)[O-])c(C(=O)N2CCN(Cc3ccc(OC)c(OC)c3OC)CC2)cc1OC. The van der Waals surface area contributed by atoms with Crippen LogP contribution < -0.4 is 23.7 Å². The molecule has 2 aromatic rings. The normalized spacial score (nSPS) is 13.8. The van der Waals surface area contributed by atoms with Gasteiger partial charge in [-0.25, -0.2) is 0 Å². The monoisotopic (exact) mass is 489 g/mol. The number of rotatable bonds is 10. The van der Waals surface area contributed by atoms with Crippen LogP contribution in [0, 0.1) is 10.1 Å². The third-order valence-corrected chi connectivity index (χ3v) is 5.85. The van der Waals surface area contributed by atoms with Gasteiger partial charge < -0.3 is 28.6 Å². The second-order valence-corrected chi connectivity index (χ2v) is 7.77. The molecule has 0 aliphatic carbocycles. The number of hydrogen-bond donors (Lipinski definition) is 0. The maximum Gasteiger partial charge on any atom is 0.286 e. The lowest BCUT2D eigenvalue weighted by atomic mass is 10.1. The molecule has 1 saturated heterocycles. The number of carbonyl (C=O) groups is 1. The molecule has 35 heavy (non-hydrogen) atoms. The Morgan fingerprint density at radius 2 is 1.57 bits per heavy atom. The van der Waals surface area contributed by atoms with Crippen LogP contribution in [0.2, 0.25) is 0 Å². The van der Waals surface area contributed by atoms with E-state index in [2.05, 4.69) is 4.90 Å². The van der Waals surface area contributed by atoms with Crippen LogP contribution in [0.5, 0.6) is 28.7 Å². The maximum absolute atomic E-state index is 13.2. The fourth-order valence-corrected chi connectivity index (χ4v) is 4.11. The highest BCUT2D eigenvalue weighted by molar-refractivity contribution is 5.99. The van der Waals surface area contributed by atoms with Gasteiger partial charge >= 0.3 is 0 Å². The van der Waals surface area contributed by atoms with Crippen LogP contribution in [0.15, 0.2) is 24.3 Å². The van der Waals surface area contributed by atoms with Gasteiger partial charge in [0.05, 0.1) is 46.0 Å². The number of nitro benzene ring substituents is 1. The molecule has 0 radical (unpaired) electrons. The molecule has 11 nitrogen and oxygen atoms in total. The van der Waals surface area contributed by atoms with Gasteiger partial charge in [0.25, 0.3) is 11.6 Å². The number of ether oxygens (including phenoxy) is 5. The van der Waals surface area contributed by atoms with Crippen molar-refractivity contribution in [3.63, 3.8) is 0 Å². The zero-order valence-electron chi connectivity index (χ0n) is 20.7. The molecule has 1 heterocycles. The first-order valence-corrected chi connectivity index (χ1v) is 11.2. The molecule has 11 heteroatoms. The highest BCUT2D eigenvalue weighted by Gasteiger charge is 2.30. The summed E-state index contributed by atoms with van der Waals surface area (Å²) in [6.07, 6.45) is 0. The van der Waals surface area contributed by atoms with Crippen molar-refractivity contribution < 1.29 is 33.4 Å². The van der Waals surface area contributed by atoms with E-state index in [-0.39, 0.29) is 22.7 Å². The summed E-state index contributed by atoms with van der Waals surface area (Å²) >= 11 is 0. The summed E-state index contributed by atoms with van der Waals surface area (Å²) in [5.74, 6) is 1.80. The lowest BCUT2D eigenvalue weighted by molar-refractivity contribution is -0.385.